The molecular formula is C19H26N2O4. The summed E-state index contributed by atoms with van der Waals surface area (Å²) >= 11 is 0. The Morgan fingerprint density at radius 3 is 2.76 bits per heavy atom. The third-order valence-electron chi connectivity index (χ3n) is 5.49. The maximum Gasteiger partial charge on any atom is 0.254 e. The number of likely N-dealkylation sites (tertiary alicyclic amines) is 1. The third kappa shape index (κ3) is 3.60. The summed E-state index contributed by atoms with van der Waals surface area (Å²) in [6.45, 7) is 4.65. The van der Waals surface area contributed by atoms with Gasteiger partial charge in [0.05, 0.1) is 6.61 Å². The third-order valence-corrected chi connectivity index (χ3v) is 5.49. The molecule has 0 spiro atoms. The SMILES string of the molecule is CN1CCC(N(C[C@H]2CCOC2)C(=O)c2ccc3c(c2)OCO3)CC1. The van der Waals surface area contributed by atoms with E-state index in [1.807, 2.05) is 18.2 Å². The van der Waals surface area contributed by atoms with E-state index in [1.54, 1.807) is 0 Å². The van der Waals surface area contributed by atoms with Crippen LogP contribution in [0.3, 0.4) is 0 Å². The number of carbonyl (C=O) groups is 1. The summed E-state index contributed by atoms with van der Waals surface area (Å²) in [5, 5.41) is 0. The van der Waals surface area contributed by atoms with Crippen LogP contribution in [0.2, 0.25) is 0 Å². The Labute approximate surface area is 148 Å². The van der Waals surface area contributed by atoms with Crippen molar-refractivity contribution in [1.82, 2.24) is 9.80 Å². The zero-order valence-electron chi connectivity index (χ0n) is 14.8. The van der Waals surface area contributed by atoms with Crippen molar-refractivity contribution in [3.8, 4) is 11.5 Å². The van der Waals surface area contributed by atoms with Gasteiger partial charge in [-0.2, -0.15) is 0 Å². The molecule has 0 bridgehead atoms. The summed E-state index contributed by atoms with van der Waals surface area (Å²) in [5.41, 5.74) is 0.682. The van der Waals surface area contributed by atoms with Gasteiger partial charge in [0, 0.05) is 30.7 Å². The van der Waals surface area contributed by atoms with E-state index in [2.05, 4.69) is 16.8 Å². The molecule has 1 amide bonds. The van der Waals surface area contributed by atoms with Crippen molar-refractivity contribution in [2.75, 3.05) is 46.7 Å². The lowest BCUT2D eigenvalue weighted by atomic mass is 9.99. The number of nitrogens with zero attached hydrogens (tertiary/aromatic N) is 2. The molecule has 3 aliphatic heterocycles. The number of hydrogen-bond donors (Lipinski definition) is 0. The lowest BCUT2D eigenvalue weighted by molar-refractivity contribution is 0.0536. The Morgan fingerprint density at radius 2 is 2.00 bits per heavy atom. The highest BCUT2D eigenvalue weighted by atomic mass is 16.7. The van der Waals surface area contributed by atoms with E-state index in [9.17, 15) is 4.79 Å². The van der Waals surface area contributed by atoms with Gasteiger partial charge in [0.25, 0.3) is 5.91 Å². The van der Waals surface area contributed by atoms with Crippen LogP contribution in [-0.4, -0.2) is 68.4 Å². The lowest BCUT2D eigenvalue weighted by Gasteiger charge is -2.38. The molecule has 0 unspecified atom stereocenters. The van der Waals surface area contributed by atoms with Crippen molar-refractivity contribution in [1.29, 1.82) is 0 Å². The summed E-state index contributed by atoms with van der Waals surface area (Å²) in [5.74, 6) is 1.92. The zero-order valence-corrected chi connectivity index (χ0v) is 14.8. The summed E-state index contributed by atoms with van der Waals surface area (Å²) < 4.78 is 16.3. The Hall–Kier alpha value is -1.79. The maximum atomic E-state index is 13.3. The number of hydrogen-bond acceptors (Lipinski definition) is 5. The van der Waals surface area contributed by atoms with Crippen LogP contribution < -0.4 is 9.47 Å². The van der Waals surface area contributed by atoms with Crippen molar-refractivity contribution in [2.45, 2.75) is 25.3 Å². The first-order valence-electron chi connectivity index (χ1n) is 9.17. The summed E-state index contributed by atoms with van der Waals surface area (Å²) in [7, 11) is 2.14. The largest absolute Gasteiger partial charge is 0.454 e. The average molecular weight is 346 g/mol. The lowest BCUT2D eigenvalue weighted by Crippen LogP contribution is -2.48. The van der Waals surface area contributed by atoms with Crippen LogP contribution >= 0.6 is 0 Å². The van der Waals surface area contributed by atoms with Gasteiger partial charge in [-0.1, -0.05) is 0 Å². The number of piperidine rings is 1. The first-order valence-corrected chi connectivity index (χ1v) is 9.17. The fraction of sp³-hybridized carbons (Fsp3) is 0.632. The first-order chi connectivity index (χ1) is 12.2. The minimum Gasteiger partial charge on any atom is -0.454 e. The normalized spacial score (nSPS) is 23.8. The molecule has 1 atom stereocenters. The van der Waals surface area contributed by atoms with Gasteiger partial charge in [0.15, 0.2) is 11.5 Å². The fourth-order valence-corrected chi connectivity index (χ4v) is 3.91. The molecular weight excluding hydrogens is 320 g/mol. The van der Waals surface area contributed by atoms with Gasteiger partial charge in [-0.3, -0.25) is 4.79 Å². The summed E-state index contributed by atoms with van der Waals surface area (Å²) in [4.78, 5) is 17.7. The fourth-order valence-electron chi connectivity index (χ4n) is 3.91. The van der Waals surface area contributed by atoms with E-state index in [1.165, 1.54) is 0 Å². The second kappa shape index (κ2) is 7.22. The molecule has 3 aliphatic rings. The number of amides is 1. The number of carbonyl (C=O) groups excluding carboxylic acids is 1. The van der Waals surface area contributed by atoms with Crippen LogP contribution in [0.15, 0.2) is 18.2 Å². The minimum absolute atomic E-state index is 0.0970. The van der Waals surface area contributed by atoms with Crippen molar-refractivity contribution in [3.63, 3.8) is 0 Å². The Kier molecular flexibility index (Phi) is 4.81. The summed E-state index contributed by atoms with van der Waals surface area (Å²) in [6.07, 6.45) is 3.10. The van der Waals surface area contributed by atoms with Crippen LogP contribution in [0.1, 0.15) is 29.6 Å². The smallest absolute Gasteiger partial charge is 0.254 e. The van der Waals surface area contributed by atoms with E-state index in [-0.39, 0.29) is 12.7 Å². The monoisotopic (exact) mass is 346 g/mol. The molecule has 1 aromatic rings. The molecule has 1 aromatic carbocycles. The van der Waals surface area contributed by atoms with Gasteiger partial charge in [-0.05, 0) is 57.6 Å². The zero-order chi connectivity index (χ0) is 17.2. The number of benzene rings is 1. The van der Waals surface area contributed by atoms with Crippen LogP contribution in [0.5, 0.6) is 11.5 Å². The molecule has 0 N–H and O–H groups in total. The number of ether oxygens (including phenoxy) is 3. The van der Waals surface area contributed by atoms with Crippen LogP contribution in [0.4, 0.5) is 0 Å². The number of fused-ring (bicyclic) bond motifs is 1. The second-order valence-electron chi connectivity index (χ2n) is 7.29. The van der Waals surface area contributed by atoms with E-state index in [0.717, 1.165) is 52.1 Å². The molecule has 6 nitrogen and oxygen atoms in total. The highest BCUT2D eigenvalue weighted by Gasteiger charge is 2.31. The molecule has 0 aromatic heterocycles. The quantitative estimate of drug-likeness (QED) is 0.834. The molecule has 4 rings (SSSR count). The van der Waals surface area contributed by atoms with E-state index in [0.29, 0.717) is 29.0 Å². The van der Waals surface area contributed by atoms with Crippen molar-refractivity contribution in [2.24, 2.45) is 5.92 Å². The van der Waals surface area contributed by atoms with Crippen LogP contribution in [0.25, 0.3) is 0 Å². The Balaban J connectivity index is 1.54. The highest BCUT2D eigenvalue weighted by Crippen LogP contribution is 2.33. The predicted molar refractivity (Wildman–Crippen MR) is 93.0 cm³/mol. The molecule has 6 heteroatoms. The predicted octanol–water partition coefficient (Wildman–Crippen LogP) is 1.99. The second-order valence-corrected chi connectivity index (χ2v) is 7.29. The summed E-state index contributed by atoms with van der Waals surface area (Å²) in [6, 6.07) is 5.80. The molecule has 0 radical (unpaired) electrons. The first kappa shape index (κ1) is 16.7. The van der Waals surface area contributed by atoms with Crippen LogP contribution in [0, 0.1) is 5.92 Å². The minimum atomic E-state index is 0.0970. The van der Waals surface area contributed by atoms with E-state index >= 15 is 0 Å². The molecule has 25 heavy (non-hydrogen) atoms. The Bertz CT molecular complexity index is 622. The Morgan fingerprint density at radius 1 is 1.20 bits per heavy atom. The van der Waals surface area contributed by atoms with Crippen molar-refractivity contribution >= 4 is 5.91 Å². The van der Waals surface area contributed by atoms with Crippen molar-refractivity contribution in [3.05, 3.63) is 23.8 Å². The van der Waals surface area contributed by atoms with Gasteiger partial charge >= 0.3 is 0 Å². The molecule has 3 heterocycles. The number of rotatable bonds is 4. The average Bonchev–Trinajstić information content (AvgIpc) is 3.31. The molecule has 2 fully saturated rings. The van der Waals surface area contributed by atoms with Gasteiger partial charge in [-0.25, -0.2) is 0 Å². The van der Waals surface area contributed by atoms with Crippen molar-refractivity contribution < 1.29 is 19.0 Å². The maximum absolute atomic E-state index is 13.3. The van der Waals surface area contributed by atoms with Gasteiger partial charge in [-0.15, -0.1) is 0 Å². The van der Waals surface area contributed by atoms with Crippen LogP contribution in [-0.2, 0) is 4.74 Å². The van der Waals surface area contributed by atoms with Gasteiger partial charge in [0.2, 0.25) is 6.79 Å². The molecule has 0 saturated carbocycles. The topological polar surface area (TPSA) is 51.2 Å². The highest BCUT2D eigenvalue weighted by molar-refractivity contribution is 5.95. The van der Waals surface area contributed by atoms with Gasteiger partial charge < -0.3 is 24.0 Å². The van der Waals surface area contributed by atoms with E-state index < -0.39 is 0 Å². The molecule has 136 valence electrons. The standard InChI is InChI=1S/C19H26N2O4/c1-20-7-4-16(5-8-20)21(11-14-6-9-23-12-14)19(22)15-2-3-17-18(10-15)25-13-24-17/h2-3,10,14,16H,4-9,11-13H2,1H3/t14-/m1/s1. The van der Waals surface area contributed by atoms with Gasteiger partial charge in [0.1, 0.15) is 0 Å². The molecule has 0 aliphatic carbocycles. The van der Waals surface area contributed by atoms with E-state index in [4.69, 9.17) is 14.2 Å². The molecule has 2 saturated heterocycles.